The molecule has 2 aromatic carbocycles. The Bertz CT molecular complexity index is 1010. The third-order valence-electron chi connectivity index (χ3n) is 4.43. The first-order chi connectivity index (χ1) is 12.5. The van der Waals surface area contributed by atoms with E-state index in [0.29, 0.717) is 28.7 Å². The number of carbonyl (C=O) groups excluding carboxylic acids is 1. The van der Waals surface area contributed by atoms with Crippen molar-refractivity contribution in [2.75, 3.05) is 7.05 Å². The molecule has 1 amide bonds. The van der Waals surface area contributed by atoms with Crippen molar-refractivity contribution in [3.05, 3.63) is 76.1 Å². The van der Waals surface area contributed by atoms with Crippen molar-refractivity contribution in [1.29, 1.82) is 0 Å². The average molecular weight is 353 g/mol. The summed E-state index contributed by atoms with van der Waals surface area (Å²) in [7, 11) is 3.30. The van der Waals surface area contributed by atoms with Crippen molar-refractivity contribution in [3.8, 4) is 0 Å². The molecule has 0 aliphatic heterocycles. The van der Waals surface area contributed by atoms with Crippen LogP contribution in [0.5, 0.6) is 0 Å². The third kappa shape index (κ3) is 3.64. The number of carbonyl (C=O) groups is 1. The van der Waals surface area contributed by atoms with E-state index in [2.05, 4.69) is 4.98 Å². The minimum absolute atomic E-state index is 0.127. The van der Waals surface area contributed by atoms with Crippen LogP contribution < -0.4 is 5.56 Å². The molecule has 0 aliphatic carbocycles. The molecule has 0 bridgehead atoms. The molecule has 26 heavy (non-hydrogen) atoms. The van der Waals surface area contributed by atoms with Crippen LogP contribution in [0.2, 0.25) is 0 Å². The Morgan fingerprint density at radius 3 is 2.62 bits per heavy atom. The number of benzene rings is 2. The van der Waals surface area contributed by atoms with E-state index in [1.807, 2.05) is 6.07 Å². The molecule has 134 valence electrons. The molecule has 1 aromatic heterocycles. The van der Waals surface area contributed by atoms with Gasteiger partial charge in [0, 0.05) is 39.0 Å². The maximum Gasteiger partial charge on any atom is 0.261 e. The van der Waals surface area contributed by atoms with Crippen LogP contribution in [0.3, 0.4) is 0 Å². The number of aromatic nitrogens is 2. The van der Waals surface area contributed by atoms with Gasteiger partial charge in [0.05, 0.1) is 10.9 Å². The number of amides is 1. The van der Waals surface area contributed by atoms with Crippen molar-refractivity contribution in [3.63, 3.8) is 0 Å². The summed E-state index contributed by atoms with van der Waals surface area (Å²) in [6.45, 7) is 0.204. The SMILES string of the molecule is CN(Cc1ccccc1F)C(=O)CCc1nc2ccccc2c(=O)n1C. The number of hydrogen-bond donors (Lipinski definition) is 0. The van der Waals surface area contributed by atoms with E-state index < -0.39 is 0 Å². The fraction of sp³-hybridized carbons (Fsp3) is 0.250. The van der Waals surface area contributed by atoms with Crippen LogP contribution in [0.15, 0.2) is 53.3 Å². The molecule has 0 saturated carbocycles. The van der Waals surface area contributed by atoms with Crippen LogP contribution in [0.4, 0.5) is 4.39 Å². The van der Waals surface area contributed by atoms with Crippen molar-refractivity contribution in [2.24, 2.45) is 7.05 Å². The number of para-hydroxylation sites is 1. The fourth-order valence-corrected chi connectivity index (χ4v) is 2.87. The standard InChI is InChI=1S/C20H20FN3O2/c1-23(13-14-7-3-5-9-16(14)21)19(25)12-11-18-22-17-10-6-4-8-15(17)20(26)24(18)2/h3-10H,11-13H2,1-2H3. The summed E-state index contributed by atoms with van der Waals surface area (Å²) in [5.74, 6) is 0.0998. The molecule has 0 radical (unpaired) electrons. The van der Waals surface area contributed by atoms with E-state index in [1.165, 1.54) is 15.5 Å². The molecule has 0 saturated heterocycles. The van der Waals surface area contributed by atoms with Crippen molar-refractivity contribution >= 4 is 16.8 Å². The molecular formula is C20H20FN3O2. The summed E-state index contributed by atoms with van der Waals surface area (Å²) in [6, 6.07) is 13.5. The number of fused-ring (bicyclic) bond motifs is 1. The summed E-state index contributed by atoms with van der Waals surface area (Å²) in [5, 5.41) is 0.557. The molecule has 1 heterocycles. The first kappa shape index (κ1) is 17.8. The number of rotatable bonds is 5. The second-order valence-electron chi connectivity index (χ2n) is 6.25. The van der Waals surface area contributed by atoms with Gasteiger partial charge in [-0.2, -0.15) is 0 Å². The van der Waals surface area contributed by atoms with Crippen LogP contribution in [0, 0.1) is 5.82 Å². The summed E-state index contributed by atoms with van der Waals surface area (Å²) in [6.07, 6.45) is 0.542. The fourth-order valence-electron chi connectivity index (χ4n) is 2.87. The smallest absolute Gasteiger partial charge is 0.261 e. The van der Waals surface area contributed by atoms with Crippen molar-refractivity contribution in [2.45, 2.75) is 19.4 Å². The van der Waals surface area contributed by atoms with Crippen LogP contribution in [0.25, 0.3) is 10.9 Å². The lowest BCUT2D eigenvalue weighted by molar-refractivity contribution is -0.130. The molecule has 0 fully saturated rings. The number of aryl methyl sites for hydroxylation is 1. The van der Waals surface area contributed by atoms with Gasteiger partial charge in [-0.25, -0.2) is 9.37 Å². The molecule has 0 N–H and O–H groups in total. The predicted octanol–water partition coefficient (Wildman–Crippen LogP) is 2.66. The largest absolute Gasteiger partial charge is 0.341 e. The summed E-state index contributed by atoms with van der Waals surface area (Å²) in [4.78, 5) is 30.8. The van der Waals surface area contributed by atoms with Gasteiger partial charge in [-0.3, -0.25) is 14.2 Å². The first-order valence-electron chi connectivity index (χ1n) is 8.39. The molecule has 3 aromatic rings. The highest BCUT2D eigenvalue weighted by molar-refractivity contribution is 5.78. The highest BCUT2D eigenvalue weighted by atomic mass is 19.1. The summed E-state index contributed by atoms with van der Waals surface area (Å²) >= 11 is 0. The van der Waals surface area contributed by atoms with Gasteiger partial charge in [0.15, 0.2) is 0 Å². The van der Waals surface area contributed by atoms with Crippen LogP contribution in [0.1, 0.15) is 17.8 Å². The number of nitrogens with zero attached hydrogens (tertiary/aromatic N) is 3. The zero-order valence-electron chi connectivity index (χ0n) is 14.8. The third-order valence-corrected chi connectivity index (χ3v) is 4.43. The second-order valence-corrected chi connectivity index (χ2v) is 6.25. The second kappa shape index (κ2) is 7.47. The zero-order valence-corrected chi connectivity index (χ0v) is 14.8. The maximum absolute atomic E-state index is 13.7. The van der Waals surface area contributed by atoms with Gasteiger partial charge < -0.3 is 4.90 Å². The van der Waals surface area contributed by atoms with Crippen LogP contribution in [-0.4, -0.2) is 27.4 Å². The van der Waals surface area contributed by atoms with Gasteiger partial charge >= 0.3 is 0 Å². The topological polar surface area (TPSA) is 55.2 Å². The Kier molecular flexibility index (Phi) is 5.11. The Morgan fingerprint density at radius 1 is 1.15 bits per heavy atom. The van der Waals surface area contributed by atoms with Gasteiger partial charge in [0.25, 0.3) is 5.56 Å². The molecular weight excluding hydrogens is 333 g/mol. The highest BCUT2D eigenvalue weighted by Crippen LogP contribution is 2.11. The van der Waals surface area contributed by atoms with E-state index in [-0.39, 0.29) is 30.2 Å². The molecule has 0 spiro atoms. The first-order valence-corrected chi connectivity index (χ1v) is 8.39. The van der Waals surface area contributed by atoms with Crippen molar-refractivity contribution in [1.82, 2.24) is 14.5 Å². The average Bonchev–Trinajstić information content (AvgIpc) is 2.65. The molecule has 0 unspecified atom stereocenters. The van der Waals surface area contributed by atoms with Gasteiger partial charge in [0.1, 0.15) is 11.6 Å². The Balaban J connectivity index is 1.71. The number of hydrogen-bond acceptors (Lipinski definition) is 3. The Labute approximate surface area is 150 Å². The lowest BCUT2D eigenvalue weighted by Gasteiger charge is -2.18. The lowest BCUT2D eigenvalue weighted by atomic mass is 10.2. The number of halogens is 1. The normalized spacial score (nSPS) is 10.9. The zero-order chi connectivity index (χ0) is 18.7. The molecule has 0 atom stereocenters. The predicted molar refractivity (Wildman–Crippen MR) is 98.2 cm³/mol. The van der Waals surface area contributed by atoms with Gasteiger partial charge in [0.2, 0.25) is 5.91 Å². The van der Waals surface area contributed by atoms with E-state index in [0.717, 1.165) is 0 Å². The van der Waals surface area contributed by atoms with E-state index in [1.54, 1.807) is 50.5 Å². The van der Waals surface area contributed by atoms with E-state index >= 15 is 0 Å². The van der Waals surface area contributed by atoms with Crippen LogP contribution in [-0.2, 0) is 24.8 Å². The van der Waals surface area contributed by atoms with Gasteiger partial charge in [-0.05, 0) is 18.2 Å². The van der Waals surface area contributed by atoms with Crippen LogP contribution >= 0.6 is 0 Å². The minimum Gasteiger partial charge on any atom is -0.341 e. The van der Waals surface area contributed by atoms with E-state index in [4.69, 9.17) is 0 Å². The van der Waals surface area contributed by atoms with Crippen molar-refractivity contribution < 1.29 is 9.18 Å². The summed E-state index contributed by atoms with van der Waals surface area (Å²) < 4.78 is 15.2. The Morgan fingerprint density at radius 2 is 1.85 bits per heavy atom. The van der Waals surface area contributed by atoms with Gasteiger partial charge in [-0.15, -0.1) is 0 Å². The molecule has 6 heteroatoms. The Hall–Kier alpha value is -3.02. The monoisotopic (exact) mass is 353 g/mol. The molecule has 3 rings (SSSR count). The maximum atomic E-state index is 13.7. The molecule has 5 nitrogen and oxygen atoms in total. The quantitative estimate of drug-likeness (QED) is 0.709. The van der Waals surface area contributed by atoms with E-state index in [9.17, 15) is 14.0 Å². The molecule has 0 aliphatic rings. The lowest BCUT2D eigenvalue weighted by Crippen LogP contribution is -2.28. The summed E-state index contributed by atoms with van der Waals surface area (Å²) in [5.41, 5.74) is 0.968. The highest BCUT2D eigenvalue weighted by Gasteiger charge is 2.14. The van der Waals surface area contributed by atoms with Gasteiger partial charge in [-0.1, -0.05) is 30.3 Å². The minimum atomic E-state index is -0.328.